The maximum Gasteiger partial charge on any atom is 0.295 e. The standard InChI is InChI=1S/C16H16Cl2N2O4/c17-10-12-1-4-13(18)9-16(12)23-14-5-2-11(3-6-14)15(7-8-19)24-20(21)22/h1-6,9,15H,7-8,10,19H2. The second kappa shape index (κ2) is 8.73. The molecule has 128 valence electrons. The molecule has 0 amide bonds. The molecule has 2 rings (SSSR count). The van der Waals surface area contributed by atoms with Crippen LogP contribution in [-0.2, 0) is 10.7 Å². The number of alkyl halides is 1. The van der Waals surface area contributed by atoms with Gasteiger partial charge in [-0.2, -0.15) is 0 Å². The number of nitrogens with zero attached hydrogens (tertiary/aromatic N) is 1. The van der Waals surface area contributed by atoms with Gasteiger partial charge in [0.15, 0.2) is 0 Å². The highest BCUT2D eigenvalue weighted by Gasteiger charge is 2.15. The lowest BCUT2D eigenvalue weighted by Gasteiger charge is -2.15. The van der Waals surface area contributed by atoms with Crippen LogP contribution in [0, 0.1) is 10.1 Å². The van der Waals surface area contributed by atoms with Gasteiger partial charge in [-0.1, -0.05) is 29.8 Å². The van der Waals surface area contributed by atoms with Gasteiger partial charge >= 0.3 is 0 Å². The lowest BCUT2D eigenvalue weighted by Crippen LogP contribution is -2.14. The summed E-state index contributed by atoms with van der Waals surface area (Å²) in [6.45, 7) is 0.276. The van der Waals surface area contributed by atoms with Gasteiger partial charge in [0.1, 0.15) is 17.6 Å². The van der Waals surface area contributed by atoms with Crippen LogP contribution in [0.2, 0.25) is 5.02 Å². The van der Waals surface area contributed by atoms with Crippen LogP contribution in [0.5, 0.6) is 11.5 Å². The van der Waals surface area contributed by atoms with E-state index in [-0.39, 0.29) is 6.54 Å². The van der Waals surface area contributed by atoms with Crippen LogP contribution in [0.4, 0.5) is 0 Å². The molecule has 0 saturated carbocycles. The van der Waals surface area contributed by atoms with Gasteiger partial charge in [-0.3, -0.25) is 0 Å². The summed E-state index contributed by atoms with van der Waals surface area (Å²) in [5.74, 6) is 1.41. The first kappa shape index (κ1) is 18.3. The van der Waals surface area contributed by atoms with Crippen LogP contribution < -0.4 is 10.5 Å². The number of halogens is 2. The third kappa shape index (κ3) is 4.99. The van der Waals surface area contributed by atoms with Crippen molar-refractivity contribution in [2.24, 2.45) is 5.73 Å². The Balaban J connectivity index is 2.17. The average Bonchev–Trinajstić information content (AvgIpc) is 2.55. The van der Waals surface area contributed by atoms with Crippen molar-refractivity contribution in [3.63, 3.8) is 0 Å². The van der Waals surface area contributed by atoms with Crippen LogP contribution >= 0.6 is 23.2 Å². The summed E-state index contributed by atoms with van der Waals surface area (Å²) in [4.78, 5) is 15.2. The van der Waals surface area contributed by atoms with E-state index in [1.165, 1.54) is 0 Å². The highest BCUT2D eigenvalue weighted by Crippen LogP contribution is 2.31. The number of hydrogen-bond acceptors (Lipinski definition) is 5. The Bertz CT molecular complexity index is 695. The predicted molar refractivity (Wildman–Crippen MR) is 92.0 cm³/mol. The van der Waals surface area contributed by atoms with E-state index < -0.39 is 11.2 Å². The molecular weight excluding hydrogens is 355 g/mol. The van der Waals surface area contributed by atoms with Gasteiger partial charge in [0.2, 0.25) is 0 Å². The minimum absolute atomic E-state index is 0.276. The van der Waals surface area contributed by atoms with E-state index in [4.69, 9.17) is 33.7 Å². The van der Waals surface area contributed by atoms with Gasteiger partial charge in [0, 0.05) is 10.6 Å². The zero-order chi connectivity index (χ0) is 17.5. The van der Waals surface area contributed by atoms with E-state index in [0.29, 0.717) is 34.4 Å². The molecule has 0 aliphatic carbocycles. The van der Waals surface area contributed by atoms with Crippen LogP contribution in [0.15, 0.2) is 42.5 Å². The molecule has 24 heavy (non-hydrogen) atoms. The number of benzene rings is 2. The number of rotatable bonds is 8. The third-order valence-electron chi connectivity index (χ3n) is 3.30. The minimum Gasteiger partial charge on any atom is -0.457 e. The number of ether oxygens (including phenoxy) is 1. The second-order valence-corrected chi connectivity index (χ2v) is 5.66. The maximum absolute atomic E-state index is 10.6. The first-order valence-corrected chi connectivity index (χ1v) is 8.08. The third-order valence-corrected chi connectivity index (χ3v) is 3.82. The molecule has 0 bridgehead atoms. The summed E-state index contributed by atoms with van der Waals surface area (Å²) in [7, 11) is 0. The molecule has 0 aliphatic rings. The van der Waals surface area contributed by atoms with Gasteiger partial charge in [-0.15, -0.1) is 21.7 Å². The van der Waals surface area contributed by atoms with Crippen LogP contribution in [-0.4, -0.2) is 11.6 Å². The Morgan fingerprint density at radius 3 is 2.50 bits per heavy atom. The maximum atomic E-state index is 10.6. The Kier molecular flexibility index (Phi) is 6.66. The van der Waals surface area contributed by atoms with Crippen LogP contribution in [0.25, 0.3) is 0 Å². The smallest absolute Gasteiger partial charge is 0.295 e. The minimum atomic E-state index is -0.816. The second-order valence-electron chi connectivity index (χ2n) is 4.95. The van der Waals surface area contributed by atoms with E-state index in [0.717, 1.165) is 5.56 Å². The molecule has 2 aromatic carbocycles. The number of nitrogens with two attached hydrogens (primary N) is 1. The van der Waals surface area contributed by atoms with Crippen molar-refractivity contribution in [2.75, 3.05) is 6.54 Å². The average molecular weight is 371 g/mol. The zero-order valence-corrected chi connectivity index (χ0v) is 14.2. The first-order valence-electron chi connectivity index (χ1n) is 7.17. The summed E-state index contributed by atoms with van der Waals surface area (Å²) in [6.07, 6.45) is -0.366. The van der Waals surface area contributed by atoms with Crippen molar-refractivity contribution < 1.29 is 14.7 Å². The van der Waals surface area contributed by atoms with Crippen LogP contribution in [0.1, 0.15) is 23.7 Å². The van der Waals surface area contributed by atoms with Gasteiger partial charge in [-0.25, -0.2) is 0 Å². The molecule has 0 fully saturated rings. The van der Waals surface area contributed by atoms with E-state index in [1.54, 1.807) is 42.5 Å². The van der Waals surface area contributed by atoms with Gasteiger partial charge in [-0.05, 0) is 42.8 Å². The first-order chi connectivity index (χ1) is 11.5. The SMILES string of the molecule is NCCC(O[N+](=O)[O-])c1ccc(Oc2cc(Cl)ccc2CCl)cc1. The monoisotopic (exact) mass is 370 g/mol. The quantitative estimate of drug-likeness (QED) is 0.420. The summed E-state index contributed by atoms with van der Waals surface area (Å²) >= 11 is 11.9. The van der Waals surface area contributed by atoms with E-state index >= 15 is 0 Å². The highest BCUT2D eigenvalue weighted by molar-refractivity contribution is 6.30. The molecule has 0 heterocycles. The van der Waals surface area contributed by atoms with Crippen molar-refractivity contribution in [1.82, 2.24) is 0 Å². The molecule has 1 unspecified atom stereocenters. The molecule has 2 aromatic rings. The fraction of sp³-hybridized carbons (Fsp3) is 0.250. The normalized spacial score (nSPS) is 11.8. The fourth-order valence-corrected chi connectivity index (χ4v) is 2.53. The molecule has 0 aromatic heterocycles. The molecule has 1 atom stereocenters. The van der Waals surface area contributed by atoms with Gasteiger partial charge in [0.05, 0.1) is 5.88 Å². The summed E-state index contributed by atoms with van der Waals surface area (Å²) in [6, 6.07) is 12.0. The molecule has 8 heteroatoms. The Labute approximate surface area is 149 Å². The van der Waals surface area contributed by atoms with Crippen molar-refractivity contribution in [3.05, 3.63) is 68.7 Å². The van der Waals surface area contributed by atoms with Crippen molar-refractivity contribution >= 4 is 23.2 Å². The Morgan fingerprint density at radius 1 is 1.21 bits per heavy atom. The molecule has 2 N–H and O–H groups in total. The lowest BCUT2D eigenvalue weighted by molar-refractivity contribution is -0.771. The molecule has 6 nitrogen and oxygen atoms in total. The summed E-state index contributed by atoms with van der Waals surface area (Å²) in [5.41, 5.74) is 6.92. The van der Waals surface area contributed by atoms with E-state index in [1.807, 2.05) is 0 Å². The van der Waals surface area contributed by atoms with Crippen LogP contribution in [0.3, 0.4) is 0 Å². The molecular formula is C16H16Cl2N2O4. The summed E-state index contributed by atoms with van der Waals surface area (Å²) < 4.78 is 5.79. The highest BCUT2D eigenvalue weighted by atomic mass is 35.5. The predicted octanol–water partition coefficient (Wildman–Crippen LogP) is 4.47. The molecule has 0 radical (unpaired) electrons. The van der Waals surface area contributed by atoms with Gasteiger partial charge in [0.25, 0.3) is 5.09 Å². The molecule has 0 saturated heterocycles. The number of hydrogen-bond donors (Lipinski definition) is 1. The molecule has 0 spiro atoms. The summed E-state index contributed by atoms with van der Waals surface area (Å²) in [5, 5.41) is 10.3. The Hall–Kier alpha value is -2.02. The fourth-order valence-electron chi connectivity index (χ4n) is 2.15. The van der Waals surface area contributed by atoms with Crippen molar-refractivity contribution in [1.29, 1.82) is 0 Å². The lowest BCUT2D eigenvalue weighted by atomic mass is 10.1. The Morgan fingerprint density at radius 2 is 1.92 bits per heavy atom. The van der Waals surface area contributed by atoms with E-state index in [9.17, 15) is 10.1 Å². The van der Waals surface area contributed by atoms with E-state index in [2.05, 4.69) is 4.84 Å². The van der Waals surface area contributed by atoms with Crippen molar-refractivity contribution in [2.45, 2.75) is 18.4 Å². The van der Waals surface area contributed by atoms with Crippen molar-refractivity contribution in [3.8, 4) is 11.5 Å². The largest absolute Gasteiger partial charge is 0.457 e. The topological polar surface area (TPSA) is 87.6 Å². The molecule has 0 aliphatic heterocycles. The van der Waals surface area contributed by atoms with Gasteiger partial charge < -0.3 is 15.3 Å². The zero-order valence-electron chi connectivity index (χ0n) is 12.7.